The van der Waals surface area contributed by atoms with E-state index in [9.17, 15) is 9.18 Å². The maximum atomic E-state index is 14.3. The molecule has 0 atom stereocenters. The lowest BCUT2D eigenvalue weighted by molar-refractivity contribution is -0.108. The molecule has 2 aromatic rings. The minimum Gasteiger partial charge on any atom is -0.369 e. The molecule has 3 N–H and O–H groups in total. The predicted octanol–water partition coefficient (Wildman–Crippen LogP) is 1.61. The first-order valence-electron chi connectivity index (χ1n) is 10.4. The topological polar surface area (TPSA) is 90.6 Å². The third-order valence-corrected chi connectivity index (χ3v) is 5.76. The minimum absolute atomic E-state index is 0.176. The zero-order valence-corrected chi connectivity index (χ0v) is 17.0. The van der Waals surface area contributed by atoms with Gasteiger partial charge in [-0.3, -0.25) is 4.90 Å². The number of piperazine rings is 1. The van der Waals surface area contributed by atoms with E-state index >= 15 is 0 Å². The van der Waals surface area contributed by atoms with Gasteiger partial charge in [0.05, 0.1) is 12.7 Å². The third-order valence-electron chi connectivity index (χ3n) is 5.76. The van der Waals surface area contributed by atoms with Gasteiger partial charge in [-0.15, -0.1) is 0 Å². The number of halogens is 1. The van der Waals surface area contributed by atoms with Crippen LogP contribution in [0.25, 0.3) is 0 Å². The number of carbonyl (C=O) groups is 1. The number of aromatic nitrogens is 2. The number of nitrogens with zero attached hydrogens (tertiary/aromatic N) is 5. The van der Waals surface area contributed by atoms with Crippen LogP contribution in [0.15, 0.2) is 30.5 Å². The molecular weight excluding hydrogens is 385 g/mol. The number of nitrogens with one attached hydrogen (secondary N) is 1. The van der Waals surface area contributed by atoms with Crippen molar-refractivity contribution in [3.05, 3.63) is 36.3 Å². The average Bonchev–Trinajstić information content (AvgIpc) is 2.77. The van der Waals surface area contributed by atoms with E-state index < -0.39 is 5.82 Å². The molecule has 0 aliphatic carbocycles. The second kappa shape index (κ2) is 9.36. The van der Waals surface area contributed by atoms with Crippen molar-refractivity contribution in [2.45, 2.75) is 18.9 Å². The highest BCUT2D eigenvalue weighted by Gasteiger charge is 2.21. The van der Waals surface area contributed by atoms with Gasteiger partial charge in [0, 0.05) is 56.7 Å². The summed E-state index contributed by atoms with van der Waals surface area (Å²) < 4.78 is 14.3. The lowest BCUT2D eigenvalue weighted by Gasteiger charge is -2.35. The van der Waals surface area contributed by atoms with E-state index in [0.29, 0.717) is 31.4 Å². The highest BCUT2D eigenvalue weighted by Crippen LogP contribution is 2.24. The zero-order valence-electron chi connectivity index (χ0n) is 17.0. The summed E-state index contributed by atoms with van der Waals surface area (Å²) in [4.78, 5) is 25.5. The summed E-state index contributed by atoms with van der Waals surface area (Å²) in [7, 11) is 0. The fraction of sp³-hybridized carbons (Fsp3) is 0.476. The van der Waals surface area contributed by atoms with Crippen molar-refractivity contribution in [1.82, 2.24) is 14.9 Å². The molecule has 30 heavy (non-hydrogen) atoms. The van der Waals surface area contributed by atoms with Crippen LogP contribution in [0.3, 0.4) is 0 Å². The lowest BCUT2D eigenvalue weighted by atomic mass is 10.1. The molecule has 8 nitrogen and oxygen atoms in total. The van der Waals surface area contributed by atoms with Gasteiger partial charge in [0.15, 0.2) is 11.6 Å². The maximum absolute atomic E-state index is 14.3. The van der Waals surface area contributed by atoms with Crippen molar-refractivity contribution in [1.29, 1.82) is 0 Å². The van der Waals surface area contributed by atoms with E-state index in [2.05, 4.69) is 25.1 Å². The largest absolute Gasteiger partial charge is 0.369 e. The zero-order chi connectivity index (χ0) is 20.9. The van der Waals surface area contributed by atoms with Crippen LogP contribution in [-0.2, 0) is 4.79 Å². The van der Waals surface area contributed by atoms with Gasteiger partial charge >= 0.3 is 0 Å². The Morgan fingerprint density at radius 1 is 1.07 bits per heavy atom. The predicted molar refractivity (Wildman–Crippen MR) is 116 cm³/mol. The Kier molecular flexibility index (Phi) is 6.39. The molecule has 3 heterocycles. The Bertz CT molecular complexity index is 847. The first-order chi connectivity index (χ1) is 14.6. The quantitative estimate of drug-likeness (QED) is 0.691. The van der Waals surface area contributed by atoms with Crippen molar-refractivity contribution < 1.29 is 9.18 Å². The summed E-state index contributed by atoms with van der Waals surface area (Å²) in [5, 5.41) is 3.17. The molecule has 160 valence electrons. The number of benzene rings is 1. The summed E-state index contributed by atoms with van der Waals surface area (Å²) in [6, 6.07) is 8.22. The van der Waals surface area contributed by atoms with Gasteiger partial charge in [-0.05, 0) is 37.1 Å². The number of rotatable bonds is 6. The van der Waals surface area contributed by atoms with E-state index in [-0.39, 0.29) is 6.04 Å². The van der Waals surface area contributed by atoms with Crippen LogP contribution < -0.4 is 20.9 Å². The van der Waals surface area contributed by atoms with Crippen LogP contribution >= 0.6 is 0 Å². The number of hydrogen-bond donors (Lipinski definition) is 2. The molecule has 1 aromatic heterocycles. The van der Waals surface area contributed by atoms with Crippen LogP contribution in [0.4, 0.5) is 27.5 Å². The molecule has 0 bridgehead atoms. The van der Waals surface area contributed by atoms with Crippen LogP contribution in [0, 0.1) is 5.82 Å². The van der Waals surface area contributed by atoms with Gasteiger partial charge < -0.3 is 25.6 Å². The summed E-state index contributed by atoms with van der Waals surface area (Å²) in [6.07, 6.45) is 3.83. The van der Waals surface area contributed by atoms with Gasteiger partial charge in [0.1, 0.15) is 6.29 Å². The van der Waals surface area contributed by atoms with Crippen LogP contribution in [0.2, 0.25) is 0 Å². The highest BCUT2D eigenvalue weighted by atomic mass is 19.1. The Morgan fingerprint density at radius 3 is 2.43 bits per heavy atom. The van der Waals surface area contributed by atoms with Crippen LogP contribution in [0.1, 0.15) is 12.8 Å². The van der Waals surface area contributed by atoms with Crippen molar-refractivity contribution in [2.24, 2.45) is 5.73 Å². The molecule has 1 aromatic carbocycles. The monoisotopic (exact) mass is 413 g/mol. The molecule has 0 radical (unpaired) electrons. The molecule has 0 amide bonds. The molecule has 9 heteroatoms. The first-order valence-corrected chi connectivity index (χ1v) is 10.4. The normalized spacial score (nSPS) is 18.5. The van der Waals surface area contributed by atoms with Gasteiger partial charge in [-0.2, -0.15) is 4.98 Å². The lowest BCUT2D eigenvalue weighted by Crippen LogP contribution is -2.46. The number of anilines is 4. The van der Waals surface area contributed by atoms with E-state index in [4.69, 9.17) is 5.73 Å². The molecule has 4 rings (SSSR count). The third kappa shape index (κ3) is 4.85. The number of nitrogens with two attached hydrogens (primary N) is 1. The second-order valence-corrected chi connectivity index (χ2v) is 7.82. The van der Waals surface area contributed by atoms with Crippen LogP contribution in [0.5, 0.6) is 0 Å². The standard InChI is InChI=1S/C21H28FN7O/c22-19-15-24-21(26-20(19)29-7-5-16(23)6-8-29)25-17-1-3-18(4-2-17)28-11-9-27(10-12-28)13-14-30/h1-4,14-16H,5-13,23H2,(H,24,25,26). The maximum Gasteiger partial charge on any atom is 0.229 e. The van der Waals surface area contributed by atoms with Crippen molar-refractivity contribution >= 4 is 29.4 Å². The number of carbonyl (C=O) groups excluding carboxylic acids is 1. The van der Waals surface area contributed by atoms with E-state index in [0.717, 1.165) is 56.7 Å². The van der Waals surface area contributed by atoms with E-state index in [1.807, 2.05) is 29.2 Å². The molecule has 0 saturated carbocycles. The van der Waals surface area contributed by atoms with E-state index in [1.54, 1.807) is 0 Å². The van der Waals surface area contributed by atoms with Gasteiger partial charge in [0.25, 0.3) is 0 Å². The number of hydrogen-bond acceptors (Lipinski definition) is 8. The molecular formula is C21H28FN7O. The van der Waals surface area contributed by atoms with Crippen molar-refractivity contribution in [3.63, 3.8) is 0 Å². The Labute approximate surface area is 175 Å². The highest BCUT2D eigenvalue weighted by molar-refractivity contribution is 5.60. The second-order valence-electron chi connectivity index (χ2n) is 7.82. The minimum atomic E-state index is -0.417. The smallest absolute Gasteiger partial charge is 0.229 e. The SMILES string of the molecule is NC1CCN(c2nc(Nc3ccc(N4CCN(CC=O)CC4)cc3)ncc2F)CC1. The average molecular weight is 414 g/mol. The fourth-order valence-corrected chi connectivity index (χ4v) is 3.93. The summed E-state index contributed by atoms with van der Waals surface area (Å²) >= 11 is 0. The molecule has 2 fully saturated rings. The summed E-state index contributed by atoms with van der Waals surface area (Å²) in [5.41, 5.74) is 7.93. The van der Waals surface area contributed by atoms with Gasteiger partial charge in [-0.1, -0.05) is 0 Å². The van der Waals surface area contributed by atoms with Crippen molar-refractivity contribution in [3.8, 4) is 0 Å². The fourth-order valence-electron chi connectivity index (χ4n) is 3.93. The summed E-state index contributed by atoms with van der Waals surface area (Å²) in [5.74, 6) is 0.279. The first kappa shape index (κ1) is 20.5. The van der Waals surface area contributed by atoms with E-state index in [1.165, 1.54) is 6.20 Å². The molecule has 0 spiro atoms. The number of piperidine rings is 1. The molecule has 2 aliphatic heterocycles. The van der Waals surface area contributed by atoms with Gasteiger partial charge in [0.2, 0.25) is 5.95 Å². The number of aldehydes is 1. The molecule has 2 saturated heterocycles. The molecule has 2 aliphatic rings. The molecule has 0 unspecified atom stereocenters. The van der Waals surface area contributed by atoms with Gasteiger partial charge in [-0.25, -0.2) is 9.37 Å². The Balaban J connectivity index is 1.39. The summed E-state index contributed by atoms with van der Waals surface area (Å²) in [6.45, 7) is 5.45. The van der Waals surface area contributed by atoms with Crippen molar-refractivity contribution in [2.75, 3.05) is 60.9 Å². The Morgan fingerprint density at radius 2 is 1.77 bits per heavy atom. The van der Waals surface area contributed by atoms with Crippen LogP contribution in [-0.4, -0.2) is 73.0 Å². The Hall–Kier alpha value is -2.78.